The van der Waals surface area contributed by atoms with E-state index >= 15 is 0 Å². The van der Waals surface area contributed by atoms with Crippen LogP contribution < -0.4 is 4.90 Å². The Morgan fingerprint density at radius 3 is 2.15 bits per heavy atom. The largest absolute Gasteiger partial charge is 0.378 e. The smallest absolute Gasteiger partial charge is 0.228 e. The molecule has 4 nitrogen and oxygen atoms in total. The second-order valence-electron chi connectivity index (χ2n) is 9.62. The number of carbonyl (C=O) groups is 1. The fourth-order valence-corrected chi connectivity index (χ4v) is 6.76. The third-order valence-corrected chi connectivity index (χ3v) is 7.57. The zero-order valence-corrected chi connectivity index (χ0v) is 16.5. The highest BCUT2D eigenvalue weighted by Gasteiger charge is 2.55. The molecule has 1 aromatic carbocycles. The summed E-state index contributed by atoms with van der Waals surface area (Å²) in [5.74, 6) is 2.88. The molecule has 6 rings (SSSR count). The molecule has 4 bridgehead atoms. The molecule has 4 aliphatic carbocycles. The first-order valence-electron chi connectivity index (χ1n) is 10.8. The van der Waals surface area contributed by atoms with Gasteiger partial charge in [-0.05, 0) is 74.0 Å². The summed E-state index contributed by atoms with van der Waals surface area (Å²) in [5, 5.41) is 0. The molecule has 0 N–H and O–H groups in total. The van der Waals surface area contributed by atoms with Gasteiger partial charge in [0.15, 0.2) is 0 Å². The molecule has 4 saturated carbocycles. The van der Waals surface area contributed by atoms with Crippen LogP contribution in [0.4, 0.5) is 5.69 Å². The van der Waals surface area contributed by atoms with Gasteiger partial charge in [-0.2, -0.15) is 0 Å². The molecule has 1 amide bonds. The molecule has 1 heterocycles. The summed E-state index contributed by atoms with van der Waals surface area (Å²) in [7, 11) is 2.01. The van der Waals surface area contributed by atoms with Gasteiger partial charge in [0.25, 0.3) is 0 Å². The van der Waals surface area contributed by atoms with Crippen LogP contribution in [0.2, 0.25) is 0 Å². The van der Waals surface area contributed by atoms with Crippen molar-refractivity contribution in [2.24, 2.45) is 23.2 Å². The van der Waals surface area contributed by atoms with Gasteiger partial charge in [-0.15, -0.1) is 0 Å². The van der Waals surface area contributed by atoms with Crippen molar-refractivity contribution in [2.45, 2.75) is 45.1 Å². The predicted octanol–water partition coefficient (Wildman–Crippen LogP) is 3.70. The molecular weight excluding hydrogens is 336 g/mol. The van der Waals surface area contributed by atoms with Crippen molar-refractivity contribution in [2.75, 3.05) is 38.3 Å². The summed E-state index contributed by atoms with van der Waals surface area (Å²) in [6.45, 7) is 4.27. The summed E-state index contributed by atoms with van der Waals surface area (Å²) in [6.07, 6.45) is 7.62. The highest BCUT2D eigenvalue weighted by Crippen LogP contribution is 2.60. The van der Waals surface area contributed by atoms with E-state index in [4.69, 9.17) is 4.74 Å². The zero-order chi connectivity index (χ0) is 18.4. The van der Waals surface area contributed by atoms with Crippen LogP contribution in [0.25, 0.3) is 0 Å². The Morgan fingerprint density at radius 2 is 1.59 bits per heavy atom. The molecule has 146 valence electrons. The molecule has 0 aromatic heterocycles. The molecule has 0 unspecified atom stereocenters. The number of nitrogens with zero attached hydrogens (tertiary/aromatic N) is 2. The minimum atomic E-state index is -0.0305. The average Bonchev–Trinajstić information content (AvgIpc) is 2.67. The van der Waals surface area contributed by atoms with Crippen molar-refractivity contribution in [1.29, 1.82) is 0 Å². The van der Waals surface area contributed by atoms with Crippen LogP contribution in [-0.2, 0) is 16.1 Å². The fraction of sp³-hybridized carbons (Fsp3) is 0.696. The number of anilines is 1. The molecule has 1 aromatic rings. The molecule has 5 fully saturated rings. The predicted molar refractivity (Wildman–Crippen MR) is 107 cm³/mol. The van der Waals surface area contributed by atoms with Crippen LogP contribution >= 0.6 is 0 Å². The Labute approximate surface area is 162 Å². The van der Waals surface area contributed by atoms with E-state index in [1.165, 1.54) is 30.5 Å². The van der Waals surface area contributed by atoms with Gasteiger partial charge in [0.1, 0.15) is 0 Å². The Kier molecular flexibility index (Phi) is 4.42. The van der Waals surface area contributed by atoms with Crippen molar-refractivity contribution < 1.29 is 9.53 Å². The Hall–Kier alpha value is -1.55. The standard InChI is InChI=1S/C23H32N2O2/c1-24(16-17-2-4-21(5-3-17)25-6-8-27-9-7-25)22(26)23-13-18-10-19(14-23)12-20(11-18)15-23/h2-5,18-20H,6-16H2,1H3. The van der Waals surface area contributed by atoms with Crippen molar-refractivity contribution in [3.63, 3.8) is 0 Å². The maximum atomic E-state index is 13.4. The Morgan fingerprint density at radius 1 is 1.04 bits per heavy atom. The number of benzene rings is 1. The number of carbonyl (C=O) groups excluding carboxylic acids is 1. The van der Waals surface area contributed by atoms with E-state index in [-0.39, 0.29) is 5.41 Å². The van der Waals surface area contributed by atoms with Crippen molar-refractivity contribution in [1.82, 2.24) is 4.90 Å². The molecule has 0 atom stereocenters. The van der Waals surface area contributed by atoms with E-state index in [1.807, 2.05) is 11.9 Å². The first kappa shape index (κ1) is 17.5. The highest BCUT2D eigenvalue weighted by atomic mass is 16.5. The fourth-order valence-electron chi connectivity index (χ4n) is 6.76. The SMILES string of the molecule is CN(Cc1ccc(N2CCOCC2)cc1)C(=O)C12CC3CC(CC(C3)C1)C2. The van der Waals surface area contributed by atoms with E-state index < -0.39 is 0 Å². The molecule has 0 radical (unpaired) electrons. The molecular formula is C23H32N2O2. The van der Waals surface area contributed by atoms with Gasteiger partial charge in [-0.3, -0.25) is 4.79 Å². The van der Waals surface area contributed by atoms with Crippen LogP contribution in [0.1, 0.15) is 44.1 Å². The number of rotatable bonds is 4. The maximum Gasteiger partial charge on any atom is 0.228 e. The Balaban J connectivity index is 1.25. The molecule has 1 aliphatic heterocycles. The molecule has 1 saturated heterocycles. The topological polar surface area (TPSA) is 32.8 Å². The van der Waals surface area contributed by atoms with Gasteiger partial charge >= 0.3 is 0 Å². The van der Waals surface area contributed by atoms with Crippen molar-refractivity contribution in [3.05, 3.63) is 29.8 Å². The first-order chi connectivity index (χ1) is 13.1. The van der Waals surface area contributed by atoms with E-state index in [1.54, 1.807) is 0 Å². The maximum absolute atomic E-state index is 13.4. The lowest BCUT2D eigenvalue weighted by Crippen LogP contribution is -2.53. The lowest BCUT2D eigenvalue weighted by Gasteiger charge is -2.56. The summed E-state index contributed by atoms with van der Waals surface area (Å²) >= 11 is 0. The van der Waals surface area contributed by atoms with E-state index in [2.05, 4.69) is 29.2 Å². The minimum Gasteiger partial charge on any atom is -0.378 e. The van der Waals surface area contributed by atoms with Crippen LogP contribution in [0.5, 0.6) is 0 Å². The summed E-state index contributed by atoms with van der Waals surface area (Å²) in [5.41, 5.74) is 2.46. The molecule has 5 aliphatic rings. The quantitative estimate of drug-likeness (QED) is 0.812. The van der Waals surface area contributed by atoms with E-state index in [9.17, 15) is 4.79 Å². The van der Waals surface area contributed by atoms with Gasteiger partial charge in [-0.1, -0.05) is 12.1 Å². The number of hydrogen-bond donors (Lipinski definition) is 0. The molecule has 0 spiro atoms. The summed E-state index contributed by atoms with van der Waals surface area (Å²) in [6, 6.07) is 8.77. The Bertz CT molecular complexity index is 658. The monoisotopic (exact) mass is 368 g/mol. The second kappa shape index (κ2) is 6.80. The zero-order valence-electron chi connectivity index (χ0n) is 16.5. The summed E-state index contributed by atoms with van der Waals surface area (Å²) in [4.78, 5) is 17.8. The van der Waals surface area contributed by atoms with Crippen molar-refractivity contribution in [3.8, 4) is 0 Å². The average molecular weight is 369 g/mol. The highest BCUT2D eigenvalue weighted by molar-refractivity contribution is 5.83. The van der Waals surface area contributed by atoms with Crippen LogP contribution in [-0.4, -0.2) is 44.2 Å². The van der Waals surface area contributed by atoms with Gasteiger partial charge in [-0.25, -0.2) is 0 Å². The number of morpholine rings is 1. The number of ether oxygens (including phenoxy) is 1. The van der Waals surface area contributed by atoms with E-state index in [0.717, 1.165) is 69.9 Å². The van der Waals surface area contributed by atoms with Crippen LogP contribution in [0.3, 0.4) is 0 Å². The number of amides is 1. The van der Waals surface area contributed by atoms with Gasteiger partial charge in [0.05, 0.1) is 18.6 Å². The number of hydrogen-bond acceptors (Lipinski definition) is 3. The van der Waals surface area contributed by atoms with Gasteiger partial charge in [0.2, 0.25) is 5.91 Å². The van der Waals surface area contributed by atoms with Gasteiger partial charge in [0, 0.05) is 32.4 Å². The molecule has 27 heavy (non-hydrogen) atoms. The lowest BCUT2D eigenvalue weighted by atomic mass is 9.49. The van der Waals surface area contributed by atoms with E-state index in [0.29, 0.717) is 5.91 Å². The lowest BCUT2D eigenvalue weighted by molar-refractivity contribution is -0.156. The molecule has 4 heteroatoms. The minimum absolute atomic E-state index is 0.0305. The normalized spacial score (nSPS) is 34.7. The summed E-state index contributed by atoms with van der Waals surface area (Å²) < 4.78 is 5.44. The van der Waals surface area contributed by atoms with Crippen LogP contribution in [0, 0.1) is 23.2 Å². The first-order valence-corrected chi connectivity index (χ1v) is 10.8. The second-order valence-corrected chi connectivity index (χ2v) is 9.62. The van der Waals surface area contributed by atoms with Crippen molar-refractivity contribution >= 4 is 11.6 Å². The van der Waals surface area contributed by atoms with Gasteiger partial charge < -0.3 is 14.5 Å². The van der Waals surface area contributed by atoms with Crippen LogP contribution in [0.15, 0.2) is 24.3 Å². The third-order valence-electron chi connectivity index (χ3n) is 7.57. The third kappa shape index (κ3) is 3.26.